The molecule has 1 N–H and O–H groups in total. The molecule has 2 aromatic heterocycles. The number of furan rings is 1. The highest BCUT2D eigenvalue weighted by molar-refractivity contribution is 5.88. The van der Waals surface area contributed by atoms with Gasteiger partial charge in [0.25, 0.3) is 5.91 Å². The Morgan fingerprint density at radius 3 is 2.49 bits per heavy atom. The molecule has 0 unspecified atom stereocenters. The van der Waals surface area contributed by atoms with Crippen molar-refractivity contribution in [3.63, 3.8) is 0 Å². The van der Waals surface area contributed by atoms with Crippen LogP contribution in [0.1, 0.15) is 43.2 Å². The number of aryl methyl sites for hydroxylation is 1. The Balaban J connectivity index is 1.38. The molecule has 0 saturated carbocycles. The van der Waals surface area contributed by atoms with E-state index < -0.39 is 6.04 Å². The van der Waals surface area contributed by atoms with Crippen molar-refractivity contribution in [3.8, 4) is 22.9 Å². The Labute approximate surface area is 238 Å². The number of nitrogens with one attached hydrogen (secondary N) is 1. The van der Waals surface area contributed by atoms with E-state index in [2.05, 4.69) is 20.7 Å². The highest BCUT2D eigenvalue weighted by atomic mass is 16.5. The van der Waals surface area contributed by atoms with Gasteiger partial charge in [0.05, 0.1) is 26.4 Å². The third-order valence-electron chi connectivity index (χ3n) is 7.23. The molecule has 3 aromatic rings. The van der Waals surface area contributed by atoms with E-state index in [1.807, 2.05) is 0 Å². The lowest BCUT2D eigenvalue weighted by molar-refractivity contribution is -0.144. The second-order valence-electron chi connectivity index (χ2n) is 10.1. The zero-order valence-electron chi connectivity index (χ0n) is 23.6. The van der Waals surface area contributed by atoms with Gasteiger partial charge in [0.15, 0.2) is 17.5 Å². The molecule has 2 saturated heterocycles. The Bertz CT molecular complexity index is 1330. The summed E-state index contributed by atoms with van der Waals surface area (Å²) in [5.74, 6) is 1.69. The van der Waals surface area contributed by atoms with E-state index in [1.54, 1.807) is 51.5 Å². The number of hydrogen-bond donors (Lipinski definition) is 1. The summed E-state index contributed by atoms with van der Waals surface area (Å²) in [6.07, 6.45) is 3.27. The van der Waals surface area contributed by atoms with Crippen molar-refractivity contribution in [2.24, 2.45) is 0 Å². The molecule has 3 atom stereocenters. The van der Waals surface area contributed by atoms with Gasteiger partial charge >= 0.3 is 0 Å². The first-order chi connectivity index (χ1) is 19.9. The van der Waals surface area contributed by atoms with Crippen LogP contribution in [0.4, 0.5) is 0 Å². The van der Waals surface area contributed by atoms with E-state index in [4.69, 9.17) is 23.4 Å². The minimum Gasteiger partial charge on any atom is -0.493 e. The molecule has 5 rings (SSSR count). The predicted octanol–water partition coefficient (Wildman–Crippen LogP) is 2.30. The maximum atomic E-state index is 13.9. The van der Waals surface area contributed by atoms with Crippen LogP contribution in [0, 0.1) is 6.92 Å². The van der Waals surface area contributed by atoms with Gasteiger partial charge in [-0.3, -0.25) is 9.59 Å². The summed E-state index contributed by atoms with van der Waals surface area (Å²) in [4.78, 5) is 30.2. The Hall–Kier alpha value is -3.97. The lowest BCUT2D eigenvalue weighted by atomic mass is 10.1. The van der Waals surface area contributed by atoms with Crippen molar-refractivity contribution in [1.82, 2.24) is 30.4 Å². The van der Waals surface area contributed by atoms with E-state index in [-0.39, 0.29) is 37.1 Å². The summed E-state index contributed by atoms with van der Waals surface area (Å²) < 4.78 is 28.1. The number of aromatic nitrogens is 4. The molecule has 2 aliphatic heterocycles. The number of nitrogens with zero attached hydrogens (tertiary/aromatic N) is 5. The largest absolute Gasteiger partial charge is 0.493 e. The van der Waals surface area contributed by atoms with Crippen molar-refractivity contribution < 1.29 is 33.0 Å². The number of methoxy groups -OCH3 is 2. The lowest BCUT2D eigenvalue weighted by Gasteiger charge is -2.31. The van der Waals surface area contributed by atoms with Gasteiger partial charge in [0.2, 0.25) is 11.7 Å². The highest BCUT2D eigenvalue weighted by Crippen LogP contribution is 2.31. The maximum absolute atomic E-state index is 13.9. The number of benzene rings is 1. The van der Waals surface area contributed by atoms with Crippen LogP contribution >= 0.6 is 0 Å². The summed E-state index contributed by atoms with van der Waals surface area (Å²) in [5, 5.41) is 15.6. The van der Waals surface area contributed by atoms with Crippen molar-refractivity contribution in [3.05, 3.63) is 41.9 Å². The van der Waals surface area contributed by atoms with Gasteiger partial charge in [-0.2, -0.15) is 4.80 Å². The predicted molar refractivity (Wildman–Crippen MR) is 145 cm³/mol. The number of carbonyl (C=O) groups is 2. The number of tetrazole rings is 1. The van der Waals surface area contributed by atoms with Crippen LogP contribution in [0.3, 0.4) is 0 Å². The van der Waals surface area contributed by atoms with Crippen LogP contribution in [0.15, 0.2) is 34.7 Å². The summed E-state index contributed by atoms with van der Waals surface area (Å²) in [5.41, 5.74) is 0.648. The minimum atomic E-state index is -1.00. The number of carbonyl (C=O) groups excluding carboxylic acids is 2. The molecule has 4 heterocycles. The van der Waals surface area contributed by atoms with Gasteiger partial charge in [-0.1, -0.05) is 0 Å². The molecule has 2 amide bonds. The average Bonchev–Trinajstić information content (AvgIpc) is 3.80. The summed E-state index contributed by atoms with van der Waals surface area (Å²) in [6, 6.07) is 7.76. The van der Waals surface area contributed by atoms with Crippen molar-refractivity contribution >= 4 is 11.8 Å². The normalized spacial score (nSPS) is 19.2. The van der Waals surface area contributed by atoms with Crippen LogP contribution in [0.2, 0.25) is 0 Å². The number of amides is 2. The number of rotatable bonds is 12. The lowest BCUT2D eigenvalue weighted by Crippen LogP contribution is -2.48. The molecular formula is C28H36N6O7. The second kappa shape index (κ2) is 13.1. The van der Waals surface area contributed by atoms with Crippen molar-refractivity contribution in [2.45, 2.75) is 57.4 Å². The fraction of sp³-hybridized carbons (Fsp3) is 0.536. The van der Waals surface area contributed by atoms with Crippen LogP contribution in [-0.4, -0.2) is 89.7 Å². The third-order valence-corrected chi connectivity index (χ3v) is 7.23. The first-order valence-electron chi connectivity index (χ1n) is 13.8. The topological polar surface area (TPSA) is 143 Å². The van der Waals surface area contributed by atoms with Crippen LogP contribution in [0.5, 0.6) is 11.5 Å². The fourth-order valence-electron chi connectivity index (χ4n) is 5.11. The molecule has 41 heavy (non-hydrogen) atoms. The molecule has 0 bridgehead atoms. The average molecular weight is 569 g/mol. The first kappa shape index (κ1) is 28.6. The van der Waals surface area contributed by atoms with Crippen LogP contribution in [-0.2, 0) is 25.6 Å². The van der Waals surface area contributed by atoms with Crippen LogP contribution < -0.4 is 14.8 Å². The molecule has 2 aliphatic rings. The molecule has 13 heteroatoms. The highest BCUT2D eigenvalue weighted by Gasteiger charge is 2.37. The molecule has 0 spiro atoms. The Morgan fingerprint density at radius 1 is 1.07 bits per heavy atom. The van der Waals surface area contributed by atoms with E-state index in [9.17, 15) is 9.59 Å². The van der Waals surface area contributed by atoms with Gasteiger partial charge < -0.3 is 33.6 Å². The van der Waals surface area contributed by atoms with Gasteiger partial charge in [-0.25, -0.2) is 0 Å². The summed E-state index contributed by atoms with van der Waals surface area (Å²) >= 11 is 0. The van der Waals surface area contributed by atoms with Gasteiger partial charge in [-0.15, -0.1) is 10.2 Å². The number of ether oxygens (including phenoxy) is 4. The third kappa shape index (κ3) is 6.85. The summed E-state index contributed by atoms with van der Waals surface area (Å²) in [7, 11) is 3.10. The molecule has 13 nitrogen and oxygen atoms in total. The monoisotopic (exact) mass is 568 g/mol. The van der Waals surface area contributed by atoms with Crippen LogP contribution in [0.25, 0.3) is 11.4 Å². The van der Waals surface area contributed by atoms with Gasteiger partial charge in [0.1, 0.15) is 18.1 Å². The van der Waals surface area contributed by atoms with E-state index in [1.165, 1.54) is 9.70 Å². The molecule has 1 aromatic carbocycles. The summed E-state index contributed by atoms with van der Waals surface area (Å²) in [6.45, 7) is 3.43. The molecule has 2 fully saturated rings. The standard InChI is InChI=1S/C28H36N6O7/c1-18-8-10-23(41-18)26(28(36)29-15-20-6-4-12-39-20)33(16-21-7-5-13-40-21)25(35)17-34-31-27(30-32-34)19-9-11-22(37-2)24(14-19)38-3/h8-11,14,20-21,26H,4-7,12-13,15-17H2,1-3H3,(H,29,36)/t20-,21-,26+/m0/s1. The Kier molecular flexibility index (Phi) is 9.14. The van der Waals surface area contributed by atoms with Gasteiger partial charge in [-0.05, 0) is 68.2 Å². The fourth-order valence-corrected chi connectivity index (χ4v) is 5.11. The molecule has 0 radical (unpaired) electrons. The van der Waals surface area contributed by atoms with E-state index in [0.717, 1.165) is 25.7 Å². The zero-order chi connectivity index (χ0) is 28.8. The number of hydrogen-bond acceptors (Lipinski definition) is 10. The van der Waals surface area contributed by atoms with Crippen molar-refractivity contribution in [2.75, 3.05) is 40.5 Å². The molecular weight excluding hydrogens is 532 g/mol. The smallest absolute Gasteiger partial charge is 0.250 e. The zero-order valence-corrected chi connectivity index (χ0v) is 23.6. The minimum absolute atomic E-state index is 0.0467. The van der Waals surface area contributed by atoms with E-state index >= 15 is 0 Å². The first-order valence-corrected chi connectivity index (χ1v) is 13.8. The quantitative estimate of drug-likeness (QED) is 0.346. The SMILES string of the molecule is COc1ccc(-c2nnn(CC(=O)N(C[C@@H]3CCCO3)[C@@H](C(=O)NC[C@@H]3CCCO3)c3ccc(C)o3)n2)cc1OC. The van der Waals surface area contributed by atoms with Gasteiger partial charge in [0, 0.05) is 31.9 Å². The molecule has 0 aliphatic carbocycles. The Morgan fingerprint density at radius 2 is 1.83 bits per heavy atom. The van der Waals surface area contributed by atoms with E-state index in [0.29, 0.717) is 54.2 Å². The maximum Gasteiger partial charge on any atom is 0.250 e. The molecule has 220 valence electrons. The van der Waals surface area contributed by atoms with Crippen molar-refractivity contribution in [1.29, 1.82) is 0 Å². The second-order valence-corrected chi connectivity index (χ2v) is 10.1.